The molecule has 4 aromatic rings. The van der Waals surface area contributed by atoms with Crippen LogP contribution in [0.5, 0.6) is 0 Å². The van der Waals surface area contributed by atoms with E-state index in [1.165, 1.54) is 37.7 Å². The molecule has 4 rings (SSSR count). The number of H-pyrrole nitrogens is 1. The van der Waals surface area contributed by atoms with Crippen molar-refractivity contribution in [2.24, 2.45) is 0 Å². The fourth-order valence-corrected chi connectivity index (χ4v) is 3.65. The van der Waals surface area contributed by atoms with Crippen molar-refractivity contribution in [3.63, 3.8) is 0 Å². The van der Waals surface area contributed by atoms with E-state index in [1.54, 1.807) is 12.4 Å². The monoisotopic (exact) mass is 392 g/mol. The van der Waals surface area contributed by atoms with Crippen molar-refractivity contribution in [3.05, 3.63) is 54.0 Å². The summed E-state index contributed by atoms with van der Waals surface area (Å²) in [6, 6.07) is 6.85. The topological polar surface area (TPSA) is 79.4 Å². The lowest BCUT2D eigenvalue weighted by atomic mass is 9.99. The number of nitrogens with zero attached hydrogens (tertiary/aromatic N) is 4. The fourth-order valence-electron chi connectivity index (χ4n) is 3.65. The molecule has 0 unspecified atom stereocenters. The molecule has 0 aliphatic rings. The summed E-state index contributed by atoms with van der Waals surface area (Å²) >= 11 is 0. The lowest BCUT2D eigenvalue weighted by Gasteiger charge is -2.19. The van der Waals surface area contributed by atoms with E-state index < -0.39 is 0 Å². The second-order valence-electron chi connectivity index (χ2n) is 7.36. The Labute approximate surface area is 169 Å². The maximum absolute atomic E-state index is 13.7. The molecule has 0 aliphatic carbocycles. The minimum absolute atomic E-state index is 0.0282. The molecule has 29 heavy (non-hydrogen) atoms. The van der Waals surface area contributed by atoms with E-state index in [-0.39, 0.29) is 11.9 Å². The number of unbranched alkanes of at least 4 members (excludes halogenated alkanes) is 3. The number of anilines is 1. The molecular formula is C22H25FN6. The number of imidazole rings is 1. The molecular weight excluding hydrogens is 367 g/mol. The molecule has 0 amide bonds. The molecule has 3 heterocycles. The highest BCUT2D eigenvalue weighted by Crippen LogP contribution is 2.28. The third-order valence-electron chi connectivity index (χ3n) is 5.20. The molecule has 1 aromatic carbocycles. The van der Waals surface area contributed by atoms with Crippen molar-refractivity contribution in [3.8, 4) is 0 Å². The van der Waals surface area contributed by atoms with Gasteiger partial charge in [0.05, 0.1) is 17.9 Å². The van der Waals surface area contributed by atoms with Gasteiger partial charge in [-0.3, -0.25) is 4.98 Å². The first-order valence-corrected chi connectivity index (χ1v) is 10.2. The standard InChI is InChI=1S/C22H25FN6/c1-3-4-5-6-7-18-17(10-15-8-9-16(23)11-19(15)29-18)14(2)28-22-20-21(25-12-24-20)26-13-27-22/h8-14H,3-7H2,1-2H3,(H2,24,25,26,27,28)/t14-/m0/s1. The number of fused-ring (bicyclic) bond motifs is 2. The highest BCUT2D eigenvalue weighted by atomic mass is 19.1. The maximum Gasteiger partial charge on any atom is 0.182 e. The third-order valence-corrected chi connectivity index (χ3v) is 5.20. The Bertz CT molecular complexity index is 1120. The number of halogens is 1. The van der Waals surface area contributed by atoms with Crippen molar-refractivity contribution < 1.29 is 4.39 Å². The molecule has 1 atom stereocenters. The van der Waals surface area contributed by atoms with Crippen LogP contribution in [0.25, 0.3) is 22.1 Å². The van der Waals surface area contributed by atoms with Gasteiger partial charge in [-0.05, 0) is 43.5 Å². The molecule has 0 radical (unpaired) electrons. The summed E-state index contributed by atoms with van der Waals surface area (Å²) in [6.45, 7) is 4.29. The first kappa shape index (κ1) is 19.2. The second kappa shape index (κ2) is 8.51. The van der Waals surface area contributed by atoms with Gasteiger partial charge in [0.25, 0.3) is 0 Å². The van der Waals surface area contributed by atoms with Gasteiger partial charge in [-0.1, -0.05) is 26.2 Å². The number of aryl methyl sites for hydroxylation is 1. The van der Waals surface area contributed by atoms with Gasteiger partial charge in [0, 0.05) is 17.1 Å². The molecule has 0 bridgehead atoms. The molecule has 0 saturated heterocycles. The van der Waals surface area contributed by atoms with Crippen LogP contribution >= 0.6 is 0 Å². The largest absolute Gasteiger partial charge is 0.362 e. The zero-order valence-electron chi connectivity index (χ0n) is 16.7. The minimum Gasteiger partial charge on any atom is -0.362 e. The zero-order chi connectivity index (χ0) is 20.2. The van der Waals surface area contributed by atoms with Crippen molar-refractivity contribution in [1.82, 2.24) is 24.9 Å². The average molecular weight is 392 g/mol. The third kappa shape index (κ3) is 4.18. The average Bonchev–Trinajstić information content (AvgIpc) is 3.20. The van der Waals surface area contributed by atoms with E-state index in [4.69, 9.17) is 4.98 Å². The number of hydrogen-bond donors (Lipinski definition) is 2. The van der Waals surface area contributed by atoms with E-state index in [1.807, 2.05) is 0 Å². The van der Waals surface area contributed by atoms with Crippen LogP contribution in [0.2, 0.25) is 0 Å². The molecule has 0 fully saturated rings. The Morgan fingerprint density at radius 2 is 2.00 bits per heavy atom. The van der Waals surface area contributed by atoms with E-state index in [2.05, 4.69) is 45.2 Å². The fraction of sp³-hybridized carbons (Fsp3) is 0.364. The van der Waals surface area contributed by atoms with E-state index in [0.717, 1.165) is 35.0 Å². The van der Waals surface area contributed by atoms with Crippen LogP contribution in [0.4, 0.5) is 10.2 Å². The zero-order valence-corrected chi connectivity index (χ0v) is 16.7. The van der Waals surface area contributed by atoms with E-state index >= 15 is 0 Å². The molecule has 0 spiro atoms. The maximum atomic E-state index is 13.7. The predicted octanol–water partition coefficient (Wildman–Crippen LogP) is 5.34. The number of aromatic nitrogens is 5. The van der Waals surface area contributed by atoms with Crippen LogP contribution in [-0.2, 0) is 6.42 Å². The smallest absolute Gasteiger partial charge is 0.182 e. The lowest BCUT2D eigenvalue weighted by Crippen LogP contribution is -2.12. The van der Waals surface area contributed by atoms with Crippen molar-refractivity contribution >= 4 is 27.9 Å². The number of hydrogen-bond acceptors (Lipinski definition) is 5. The Balaban J connectivity index is 1.67. The van der Waals surface area contributed by atoms with Crippen LogP contribution in [-0.4, -0.2) is 24.9 Å². The number of benzene rings is 1. The quantitative estimate of drug-likeness (QED) is 0.396. The molecule has 0 saturated carbocycles. The van der Waals surface area contributed by atoms with Crippen LogP contribution in [0.1, 0.15) is 56.8 Å². The predicted molar refractivity (Wildman–Crippen MR) is 113 cm³/mol. The van der Waals surface area contributed by atoms with Gasteiger partial charge in [-0.2, -0.15) is 0 Å². The molecule has 2 N–H and O–H groups in total. The SMILES string of the molecule is CCCCCCc1nc2cc(F)ccc2cc1[C@H](C)Nc1ncnc2nc[nH]c12. The molecule has 0 aliphatic heterocycles. The van der Waals surface area contributed by atoms with Crippen LogP contribution in [0.15, 0.2) is 36.9 Å². The second-order valence-corrected chi connectivity index (χ2v) is 7.36. The van der Waals surface area contributed by atoms with E-state index in [0.29, 0.717) is 17.0 Å². The summed E-state index contributed by atoms with van der Waals surface area (Å²) in [6.07, 6.45) is 8.63. The number of rotatable bonds is 8. The van der Waals surface area contributed by atoms with Gasteiger partial charge in [0.15, 0.2) is 11.5 Å². The highest BCUT2D eigenvalue weighted by molar-refractivity contribution is 5.83. The van der Waals surface area contributed by atoms with Gasteiger partial charge in [-0.15, -0.1) is 0 Å². The van der Waals surface area contributed by atoms with Crippen LogP contribution in [0, 0.1) is 5.82 Å². The highest BCUT2D eigenvalue weighted by Gasteiger charge is 2.16. The minimum atomic E-state index is -0.261. The number of aromatic amines is 1. The van der Waals surface area contributed by atoms with Crippen molar-refractivity contribution in [1.29, 1.82) is 0 Å². The summed E-state index contributed by atoms with van der Waals surface area (Å²) in [5.74, 6) is 0.444. The van der Waals surface area contributed by atoms with Gasteiger partial charge < -0.3 is 10.3 Å². The Morgan fingerprint density at radius 1 is 1.10 bits per heavy atom. The van der Waals surface area contributed by atoms with Crippen molar-refractivity contribution in [2.75, 3.05) is 5.32 Å². The van der Waals surface area contributed by atoms with Crippen LogP contribution in [0.3, 0.4) is 0 Å². The van der Waals surface area contributed by atoms with Crippen LogP contribution < -0.4 is 5.32 Å². The lowest BCUT2D eigenvalue weighted by molar-refractivity contribution is 0.629. The normalized spacial score (nSPS) is 12.5. The molecule has 3 aromatic heterocycles. The molecule has 6 nitrogen and oxygen atoms in total. The summed E-state index contributed by atoms with van der Waals surface area (Å²) in [5.41, 5.74) is 4.21. The Kier molecular flexibility index (Phi) is 5.64. The summed E-state index contributed by atoms with van der Waals surface area (Å²) in [4.78, 5) is 20.6. The van der Waals surface area contributed by atoms with Gasteiger partial charge in [-0.25, -0.2) is 19.3 Å². The number of pyridine rings is 1. The summed E-state index contributed by atoms with van der Waals surface area (Å²) in [7, 11) is 0. The van der Waals surface area contributed by atoms with E-state index in [9.17, 15) is 4.39 Å². The first-order chi connectivity index (χ1) is 14.2. The van der Waals surface area contributed by atoms with Gasteiger partial charge in [0.1, 0.15) is 17.7 Å². The number of nitrogens with one attached hydrogen (secondary N) is 2. The summed E-state index contributed by atoms with van der Waals surface area (Å²) < 4.78 is 13.7. The van der Waals surface area contributed by atoms with Gasteiger partial charge in [0.2, 0.25) is 0 Å². The molecule has 150 valence electrons. The first-order valence-electron chi connectivity index (χ1n) is 10.2. The Hall–Kier alpha value is -3.09. The van der Waals surface area contributed by atoms with Crippen molar-refractivity contribution in [2.45, 2.75) is 52.0 Å². The van der Waals surface area contributed by atoms with Gasteiger partial charge >= 0.3 is 0 Å². The Morgan fingerprint density at radius 3 is 2.86 bits per heavy atom. The molecule has 7 heteroatoms. The summed E-state index contributed by atoms with van der Waals surface area (Å²) in [5, 5.41) is 4.40.